The van der Waals surface area contributed by atoms with E-state index in [2.05, 4.69) is 17.5 Å². The molecule has 1 amide bonds. The monoisotopic (exact) mass is 494 g/mol. The second-order valence-corrected chi connectivity index (χ2v) is 8.07. The molecule has 0 fully saturated rings. The first-order chi connectivity index (χ1) is 17.0. The summed E-state index contributed by atoms with van der Waals surface area (Å²) in [5.74, 6) is 0.287. The molecular formula is C27H27ClN2O5. The van der Waals surface area contributed by atoms with E-state index in [0.717, 1.165) is 19.3 Å². The SMILES string of the molecule is CCCCc1ccc(OCC(=O)NN=Cc2ccc(OC(=O)c3ccc(Cl)cc3)c(OC)c2)cc1. The predicted molar refractivity (Wildman–Crippen MR) is 136 cm³/mol. The summed E-state index contributed by atoms with van der Waals surface area (Å²) in [5.41, 5.74) is 4.66. The third-order valence-corrected chi connectivity index (χ3v) is 5.24. The molecule has 0 spiro atoms. The molecular weight excluding hydrogens is 468 g/mol. The summed E-state index contributed by atoms with van der Waals surface area (Å²) in [5, 5.41) is 4.47. The Morgan fingerprint density at radius 1 is 1.00 bits per heavy atom. The Bertz CT molecular complexity index is 1160. The van der Waals surface area contributed by atoms with Gasteiger partial charge in [-0.15, -0.1) is 0 Å². The zero-order valence-electron chi connectivity index (χ0n) is 19.6. The predicted octanol–water partition coefficient (Wildman–Crippen LogP) is 5.44. The van der Waals surface area contributed by atoms with Gasteiger partial charge < -0.3 is 14.2 Å². The number of ether oxygens (including phenoxy) is 3. The molecule has 0 saturated carbocycles. The van der Waals surface area contributed by atoms with Gasteiger partial charge in [0.25, 0.3) is 5.91 Å². The number of nitrogens with zero attached hydrogens (tertiary/aromatic N) is 1. The summed E-state index contributed by atoms with van der Waals surface area (Å²) in [4.78, 5) is 24.4. The molecule has 0 atom stereocenters. The van der Waals surface area contributed by atoms with E-state index >= 15 is 0 Å². The molecule has 1 N–H and O–H groups in total. The molecule has 3 rings (SSSR count). The minimum Gasteiger partial charge on any atom is -0.493 e. The molecule has 0 aromatic heterocycles. The van der Waals surface area contributed by atoms with Gasteiger partial charge in [0.15, 0.2) is 18.1 Å². The molecule has 0 unspecified atom stereocenters. The van der Waals surface area contributed by atoms with Crippen molar-refractivity contribution in [2.45, 2.75) is 26.2 Å². The van der Waals surface area contributed by atoms with Crippen molar-refractivity contribution in [3.8, 4) is 17.2 Å². The van der Waals surface area contributed by atoms with E-state index in [9.17, 15) is 9.59 Å². The number of nitrogens with one attached hydrogen (secondary N) is 1. The molecule has 0 saturated heterocycles. The van der Waals surface area contributed by atoms with Crippen LogP contribution in [0.2, 0.25) is 5.02 Å². The first-order valence-corrected chi connectivity index (χ1v) is 11.6. The van der Waals surface area contributed by atoms with E-state index in [1.165, 1.54) is 18.9 Å². The number of benzene rings is 3. The Morgan fingerprint density at radius 3 is 2.43 bits per heavy atom. The number of carbonyl (C=O) groups is 2. The highest BCUT2D eigenvalue weighted by molar-refractivity contribution is 6.30. The molecule has 8 heteroatoms. The summed E-state index contributed by atoms with van der Waals surface area (Å²) in [6.07, 6.45) is 4.77. The maximum Gasteiger partial charge on any atom is 0.343 e. The fourth-order valence-corrected chi connectivity index (χ4v) is 3.21. The summed E-state index contributed by atoms with van der Waals surface area (Å²) < 4.78 is 16.2. The fraction of sp³-hybridized carbons (Fsp3) is 0.222. The lowest BCUT2D eigenvalue weighted by atomic mass is 10.1. The summed E-state index contributed by atoms with van der Waals surface area (Å²) in [6.45, 7) is 2.00. The summed E-state index contributed by atoms with van der Waals surface area (Å²) >= 11 is 5.85. The van der Waals surface area contributed by atoms with Crippen molar-refractivity contribution >= 4 is 29.7 Å². The third kappa shape index (κ3) is 8.15. The number of rotatable bonds is 11. The van der Waals surface area contributed by atoms with Crippen molar-refractivity contribution in [3.05, 3.63) is 88.4 Å². The Hall–Kier alpha value is -3.84. The highest BCUT2D eigenvalue weighted by atomic mass is 35.5. The molecule has 0 radical (unpaired) electrons. The summed E-state index contributed by atoms with van der Waals surface area (Å²) in [6, 6.07) is 19.0. The van der Waals surface area contributed by atoms with Gasteiger partial charge in [0.05, 0.1) is 18.9 Å². The van der Waals surface area contributed by atoms with Crippen molar-refractivity contribution in [3.63, 3.8) is 0 Å². The van der Waals surface area contributed by atoms with Gasteiger partial charge in [-0.3, -0.25) is 4.79 Å². The average Bonchev–Trinajstić information content (AvgIpc) is 2.88. The lowest BCUT2D eigenvalue weighted by Gasteiger charge is -2.10. The molecule has 7 nitrogen and oxygen atoms in total. The van der Waals surface area contributed by atoms with Crippen LogP contribution in [0.5, 0.6) is 17.2 Å². The van der Waals surface area contributed by atoms with E-state index in [4.69, 9.17) is 25.8 Å². The Balaban J connectivity index is 1.50. The van der Waals surface area contributed by atoms with Gasteiger partial charge in [-0.1, -0.05) is 37.1 Å². The molecule has 182 valence electrons. The first-order valence-electron chi connectivity index (χ1n) is 11.2. The van der Waals surface area contributed by atoms with E-state index in [0.29, 0.717) is 27.6 Å². The van der Waals surface area contributed by atoms with Crippen LogP contribution in [0.15, 0.2) is 71.8 Å². The lowest BCUT2D eigenvalue weighted by Crippen LogP contribution is -2.24. The maximum absolute atomic E-state index is 12.3. The minimum absolute atomic E-state index is 0.158. The molecule has 0 aliphatic heterocycles. The van der Waals surface area contributed by atoms with Crippen LogP contribution in [-0.4, -0.2) is 31.8 Å². The standard InChI is InChI=1S/C27H27ClN2O5/c1-3-4-5-19-6-13-23(14-7-19)34-18-26(31)30-29-17-20-8-15-24(25(16-20)33-2)35-27(32)21-9-11-22(28)12-10-21/h6-17H,3-5,18H2,1-2H3,(H,30,31). The average molecular weight is 495 g/mol. The van der Waals surface area contributed by atoms with Crippen LogP contribution in [0.3, 0.4) is 0 Å². The number of aryl methyl sites for hydroxylation is 1. The van der Waals surface area contributed by atoms with Crippen LogP contribution in [0.25, 0.3) is 0 Å². The first kappa shape index (κ1) is 25.8. The molecule has 3 aromatic carbocycles. The maximum atomic E-state index is 12.3. The van der Waals surface area contributed by atoms with Gasteiger partial charge in [0.2, 0.25) is 0 Å². The van der Waals surface area contributed by atoms with Crippen LogP contribution < -0.4 is 19.6 Å². The van der Waals surface area contributed by atoms with Gasteiger partial charge in [0, 0.05) is 5.02 Å². The van der Waals surface area contributed by atoms with Gasteiger partial charge in [-0.05, 0) is 78.6 Å². The fourth-order valence-electron chi connectivity index (χ4n) is 3.09. The van der Waals surface area contributed by atoms with E-state index < -0.39 is 11.9 Å². The number of amides is 1. The summed E-state index contributed by atoms with van der Waals surface area (Å²) in [7, 11) is 1.46. The third-order valence-electron chi connectivity index (χ3n) is 4.99. The zero-order chi connectivity index (χ0) is 25.0. The highest BCUT2D eigenvalue weighted by Gasteiger charge is 2.13. The molecule has 35 heavy (non-hydrogen) atoms. The van der Waals surface area contributed by atoms with E-state index in [1.807, 2.05) is 24.3 Å². The number of esters is 1. The van der Waals surface area contributed by atoms with Crippen LogP contribution in [0.1, 0.15) is 41.3 Å². The van der Waals surface area contributed by atoms with Crippen molar-refractivity contribution in [1.82, 2.24) is 5.43 Å². The van der Waals surface area contributed by atoms with Crippen LogP contribution in [0, 0.1) is 0 Å². The zero-order valence-corrected chi connectivity index (χ0v) is 20.4. The molecule has 3 aromatic rings. The second kappa shape index (κ2) is 13.2. The van der Waals surface area contributed by atoms with Crippen LogP contribution >= 0.6 is 11.6 Å². The molecule has 0 aliphatic rings. The quantitative estimate of drug-likeness (QED) is 0.166. The van der Waals surface area contributed by atoms with E-state index in [-0.39, 0.29) is 12.4 Å². The van der Waals surface area contributed by atoms with Crippen LogP contribution in [-0.2, 0) is 11.2 Å². The van der Waals surface area contributed by atoms with Crippen LogP contribution in [0.4, 0.5) is 0 Å². The van der Waals surface area contributed by atoms with Gasteiger partial charge in [-0.2, -0.15) is 5.10 Å². The number of hydrogen-bond acceptors (Lipinski definition) is 6. The van der Waals surface area contributed by atoms with Gasteiger partial charge >= 0.3 is 5.97 Å². The molecule has 0 bridgehead atoms. The van der Waals surface area contributed by atoms with Crippen molar-refractivity contribution in [1.29, 1.82) is 0 Å². The van der Waals surface area contributed by atoms with Gasteiger partial charge in [0.1, 0.15) is 5.75 Å². The molecule has 0 heterocycles. The smallest absolute Gasteiger partial charge is 0.343 e. The largest absolute Gasteiger partial charge is 0.493 e. The minimum atomic E-state index is -0.538. The topological polar surface area (TPSA) is 86.2 Å². The molecule has 0 aliphatic carbocycles. The number of carbonyl (C=O) groups excluding carboxylic acids is 2. The van der Waals surface area contributed by atoms with Gasteiger partial charge in [-0.25, -0.2) is 10.2 Å². The Morgan fingerprint density at radius 2 is 1.74 bits per heavy atom. The van der Waals surface area contributed by atoms with Crippen molar-refractivity contribution in [2.75, 3.05) is 13.7 Å². The van der Waals surface area contributed by atoms with E-state index in [1.54, 1.807) is 42.5 Å². The lowest BCUT2D eigenvalue weighted by molar-refractivity contribution is -0.123. The Kier molecular flexibility index (Phi) is 9.69. The highest BCUT2D eigenvalue weighted by Crippen LogP contribution is 2.28. The number of halogens is 1. The van der Waals surface area contributed by atoms with Crippen molar-refractivity contribution in [2.24, 2.45) is 5.10 Å². The number of hydrazone groups is 1. The number of hydrogen-bond donors (Lipinski definition) is 1. The number of unbranched alkanes of at least 4 members (excludes halogenated alkanes) is 1. The Labute approximate surface area is 209 Å². The second-order valence-electron chi connectivity index (χ2n) is 7.64. The normalized spacial score (nSPS) is 10.7. The number of methoxy groups -OCH3 is 1. The van der Waals surface area contributed by atoms with Crippen molar-refractivity contribution < 1.29 is 23.8 Å².